The molecular formula is C29H27F2N5O2. The first-order chi connectivity index (χ1) is 18.4. The van der Waals surface area contributed by atoms with Gasteiger partial charge < -0.3 is 19.3 Å². The lowest BCUT2D eigenvalue weighted by Crippen LogP contribution is -2.42. The van der Waals surface area contributed by atoms with Crippen LogP contribution in [0.15, 0.2) is 60.5 Å². The zero-order chi connectivity index (χ0) is 26.4. The average molecular weight is 516 g/mol. The molecule has 2 unspecified atom stereocenters. The summed E-state index contributed by atoms with van der Waals surface area (Å²) < 4.78 is 36.0. The Labute approximate surface area is 219 Å². The molecule has 0 amide bonds. The number of aliphatic hydroxyl groups is 1. The van der Waals surface area contributed by atoms with E-state index in [9.17, 15) is 19.1 Å². The van der Waals surface area contributed by atoms with Gasteiger partial charge in [-0.05, 0) is 72.1 Å². The van der Waals surface area contributed by atoms with Crippen molar-refractivity contribution < 1.29 is 18.6 Å². The van der Waals surface area contributed by atoms with E-state index in [0.717, 1.165) is 35.2 Å². The summed E-state index contributed by atoms with van der Waals surface area (Å²) in [4.78, 5) is 6.76. The average Bonchev–Trinajstić information content (AvgIpc) is 3.16. The molecule has 3 aromatic rings. The standard InChI is InChI=1S/C29H27F2N5O2/c1-35-9-8-26(27(37)14-35)36-25-7-2-17(11-24(25)34-29(36)33-16-32)10-23-21-5-3-19(30)12-18(21)15-38-28-13-20(31)4-6-22(23)28/h2-7,10-13,22,26-28,37H,8-9,14-15H2,1H3,(H,33,34)/b23-10+/t22?,26-,27-,28?/m1/s1. The third-order valence-electron chi connectivity index (χ3n) is 7.59. The molecule has 0 bridgehead atoms. The van der Waals surface area contributed by atoms with Gasteiger partial charge in [0.15, 0.2) is 6.19 Å². The smallest absolute Gasteiger partial charge is 0.217 e. The summed E-state index contributed by atoms with van der Waals surface area (Å²) in [5.74, 6) is -0.571. The number of β-amino-alcohol motifs (C(OH)–C–C–N with tert-alkyl or cyclic N) is 1. The normalized spacial score (nSPS) is 26.4. The molecule has 7 nitrogen and oxygen atoms in total. The fourth-order valence-corrected chi connectivity index (χ4v) is 5.79. The van der Waals surface area contributed by atoms with E-state index in [1.54, 1.807) is 12.1 Å². The van der Waals surface area contributed by atoms with Crippen molar-refractivity contribution in [1.82, 2.24) is 14.5 Å². The van der Waals surface area contributed by atoms with Crippen LogP contribution >= 0.6 is 0 Å². The molecule has 2 N–H and O–H groups in total. The maximum absolute atomic E-state index is 14.1. The lowest BCUT2D eigenvalue weighted by atomic mass is 9.83. The molecule has 2 aliphatic heterocycles. The third kappa shape index (κ3) is 4.41. The van der Waals surface area contributed by atoms with Crippen LogP contribution in [-0.4, -0.2) is 51.9 Å². The SMILES string of the molecule is CN1CC[C@@H](n2c(NC#N)nc3cc(/C=C4\c5ccc(F)cc5COC5C=C(F)C=CC45)ccc32)[C@H](O)C1. The molecule has 9 heteroatoms. The van der Waals surface area contributed by atoms with Crippen LogP contribution in [0, 0.1) is 23.2 Å². The van der Waals surface area contributed by atoms with Crippen LogP contribution in [-0.2, 0) is 11.3 Å². The number of ether oxygens (including phenoxy) is 1. The Hall–Kier alpha value is -3.84. The van der Waals surface area contributed by atoms with Crippen LogP contribution in [0.5, 0.6) is 0 Å². The Morgan fingerprint density at radius 3 is 2.92 bits per heavy atom. The van der Waals surface area contributed by atoms with Gasteiger partial charge in [-0.15, -0.1) is 0 Å². The largest absolute Gasteiger partial charge is 0.390 e. The molecule has 2 aromatic carbocycles. The Kier molecular flexibility index (Phi) is 6.32. The lowest BCUT2D eigenvalue weighted by Gasteiger charge is -2.35. The summed E-state index contributed by atoms with van der Waals surface area (Å²) in [5, 5.41) is 22.8. The Morgan fingerprint density at radius 1 is 1.24 bits per heavy atom. The second-order valence-corrected chi connectivity index (χ2v) is 10.1. The fourth-order valence-electron chi connectivity index (χ4n) is 5.79. The maximum Gasteiger partial charge on any atom is 0.217 e. The Balaban J connectivity index is 1.46. The molecule has 6 rings (SSSR count). The van der Waals surface area contributed by atoms with Crippen LogP contribution in [0.3, 0.4) is 0 Å². The van der Waals surface area contributed by atoms with Crippen molar-refractivity contribution in [2.24, 2.45) is 5.92 Å². The van der Waals surface area contributed by atoms with Crippen LogP contribution in [0.4, 0.5) is 14.7 Å². The number of piperidine rings is 1. The summed E-state index contributed by atoms with van der Waals surface area (Å²) in [6, 6.07) is 10.2. The predicted molar refractivity (Wildman–Crippen MR) is 141 cm³/mol. The summed E-state index contributed by atoms with van der Waals surface area (Å²) in [6.07, 6.45) is 8.26. The number of fused-ring (bicyclic) bond motifs is 3. The van der Waals surface area contributed by atoms with E-state index in [2.05, 4.69) is 15.2 Å². The van der Waals surface area contributed by atoms with Crippen LogP contribution in [0.1, 0.15) is 29.2 Å². The van der Waals surface area contributed by atoms with E-state index >= 15 is 0 Å². The first-order valence-corrected chi connectivity index (χ1v) is 12.6. The summed E-state index contributed by atoms with van der Waals surface area (Å²) >= 11 is 0. The number of benzene rings is 2. The fraction of sp³-hybridized carbons (Fsp3) is 0.310. The van der Waals surface area contributed by atoms with Gasteiger partial charge in [0.25, 0.3) is 0 Å². The van der Waals surface area contributed by atoms with Gasteiger partial charge in [0.05, 0.1) is 35.9 Å². The van der Waals surface area contributed by atoms with Crippen LogP contribution in [0.25, 0.3) is 22.7 Å². The highest BCUT2D eigenvalue weighted by Gasteiger charge is 2.32. The molecule has 3 aliphatic rings. The second-order valence-electron chi connectivity index (χ2n) is 10.1. The Morgan fingerprint density at radius 2 is 2.11 bits per heavy atom. The number of nitrogens with zero attached hydrogens (tertiary/aromatic N) is 4. The van der Waals surface area contributed by atoms with Gasteiger partial charge in [-0.3, -0.25) is 5.32 Å². The zero-order valence-corrected chi connectivity index (χ0v) is 20.8. The summed E-state index contributed by atoms with van der Waals surface area (Å²) in [6.45, 7) is 1.53. The molecule has 1 aromatic heterocycles. The number of aromatic nitrogens is 2. The van der Waals surface area contributed by atoms with E-state index in [1.807, 2.05) is 42.1 Å². The minimum atomic E-state index is -0.599. The van der Waals surface area contributed by atoms with Crippen LogP contribution < -0.4 is 5.32 Å². The van der Waals surface area contributed by atoms with E-state index in [1.165, 1.54) is 24.3 Å². The summed E-state index contributed by atoms with van der Waals surface area (Å²) in [5.41, 5.74) is 4.78. The van der Waals surface area contributed by atoms with E-state index in [4.69, 9.17) is 4.74 Å². The second kappa shape index (κ2) is 9.80. The van der Waals surface area contributed by atoms with E-state index in [-0.39, 0.29) is 30.2 Å². The first kappa shape index (κ1) is 24.5. The molecular weight excluding hydrogens is 488 g/mol. The molecule has 0 saturated carbocycles. The van der Waals surface area contributed by atoms with Gasteiger partial charge in [-0.2, -0.15) is 5.26 Å². The lowest BCUT2D eigenvalue weighted by molar-refractivity contribution is 0.0403. The number of anilines is 1. The van der Waals surface area contributed by atoms with Gasteiger partial charge in [0, 0.05) is 19.0 Å². The maximum atomic E-state index is 14.1. The number of likely N-dealkylation sites (N-methyl/N-ethyl adjacent to an activating group) is 1. The molecule has 0 spiro atoms. The highest BCUT2D eigenvalue weighted by molar-refractivity contribution is 5.89. The number of aliphatic hydroxyl groups excluding tert-OH is 1. The number of nitrogens with one attached hydrogen (secondary N) is 1. The van der Waals surface area contributed by atoms with Crippen molar-refractivity contribution >= 4 is 28.6 Å². The minimum Gasteiger partial charge on any atom is -0.390 e. The molecule has 194 valence electrons. The number of hydrogen-bond acceptors (Lipinski definition) is 6. The van der Waals surface area contributed by atoms with Crippen molar-refractivity contribution in [2.75, 3.05) is 25.5 Å². The number of halogens is 2. The summed E-state index contributed by atoms with van der Waals surface area (Å²) in [7, 11) is 1.97. The first-order valence-electron chi connectivity index (χ1n) is 12.6. The quantitative estimate of drug-likeness (QED) is 0.386. The minimum absolute atomic E-state index is 0.175. The number of likely N-dealkylation sites (tertiary alicyclic amines) is 1. The van der Waals surface area contributed by atoms with Gasteiger partial charge in [-0.25, -0.2) is 13.8 Å². The van der Waals surface area contributed by atoms with Crippen molar-refractivity contribution in [3.05, 3.63) is 83.0 Å². The molecule has 4 atom stereocenters. The number of imidazole rings is 1. The number of allylic oxidation sites excluding steroid dienone is 2. The zero-order valence-electron chi connectivity index (χ0n) is 20.8. The molecule has 1 aliphatic carbocycles. The van der Waals surface area contributed by atoms with Crippen LogP contribution in [0.2, 0.25) is 0 Å². The number of rotatable bonds is 3. The van der Waals surface area contributed by atoms with Gasteiger partial charge >= 0.3 is 0 Å². The molecule has 3 heterocycles. The molecule has 1 fully saturated rings. The topological polar surface area (TPSA) is 86.3 Å². The Bertz CT molecular complexity index is 1540. The van der Waals surface area contributed by atoms with Crippen molar-refractivity contribution in [1.29, 1.82) is 5.26 Å². The monoisotopic (exact) mass is 515 g/mol. The molecule has 0 radical (unpaired) electrons. The molecule has 1 saturated heterocycles. The predicted octanol–water partition coefficient (Wildman–Crippen LogP) is 4.78. The van der Waals surface area contributed by atoms with Crippen molar-refractivity contribution in [3.8, 4) is 6.19 Å². The van der Waals surface area contributed by atoms with Crippen molar-refractivity contribution in [3.63, 3.8) is 0 Å². The number of hydrogen-bond donors (Lipinski definition) is 2. The highest BCUT2D eigenvalue weighted by atomic mass is 19.1. The highest BCUT2D eigenvalue weighted by Crippen LogP contribution is 2.40. The van der Waals surface area contributed by atoms with Gasteiger partial charge in [0.1, 0.15) is 11.6 Å². The van der Waals surface area contributed by atoms with Gasteiger partial charge in [-0.1, -0.05) is 24.3 Å². The number of nitriles is 1. The van der Waals surface area contributed by atoms with E-state index in [0.29, 0.717) is 23.6 Å². The van der Waals surface area contributed by atoms with E-state index < -0.39 is 12.2 Å². The third-order valence-corrected chi connectivity index (χ3v) is 7.59. The van der Waals surface area contributed by atoms with Gasteiger partial charge in [0.2, 0.25) is 5.95 Å². The molecule has 38 heavy (non-hydrogen) atoms. The van der Waals surface area contributed by atoms with Crippen molar-refractivity contribution in [2.45, 2.75) is 31.3 Å².